The summed E-state index contributed by atoms with van der Waals surface area (Å²) in [5, 5.41) is 3.02. The fraction of sp³-hybridized carbons (Fsp3) is 0.409. The van der Waals surface area contributed by atoms with Crippen molar-refractivity contribution in [1.82, 2.24) is 5.32 Å². The minimum atomic E-state index is -3.86. The molecule has 2 aromatic rings. The standard InChI is InChI=1S/C22H27ClN2O4S/c1-2-3-4-16-5-7-18(8-6-16)25-30(27,28)19-9-10-21(23)20(13-19)22(26)24-14-17-11-12-29-15-17/h5-10,13,17,25H,2-4,11-12,14-15H2,1H3,(H,24,26). The third-order valence-electron chi connectivity index (χ3n) is 5.09. The fourth-order valence-electron chi connectivity index (χ4n) is 3.26. The number of carbonyl (C=O) groups is 1. The van der Waals surface area contributed by atoms with Gasteiger partial charge in [-0.3, -0.25) is 9.52 Å². The first-order chi connectivity index (χ1) is 14.4. The summed E-state index contributed by atoms with van der Waals surface area (Å²) < 4.78 is 33.5. The lowest BCUT2D eigenvalue weighted by molar-refractivity contribution is 0.0945. The number of carbonyl (C=O) groups excluding carboxylic acids is 1. The molecule has 1 amide bonds. The van der Waals surface area contributed by atoms with Gasteiger partial charge in [0.15, 0.2) is 0 Å². The van der Waals surface area contributed by atoms with E-state index in [-0.39, 0.29) is 21.4 Å². The van der Waals surface area contributed by atoms with Crippen LogP contribution in [0, 0.1) is 5.92 Å². The first-order valence-corrected chi connectivity index (χ1v) is 12.0. The summed E-state index contributed by atoms with van der Waals surface area (Å²) >= 11 is 6.16. The summed E-state index contributed by atoms with van der Waals surface area (Å²) in [5.41, 5.74) is 1.77. The molecule has 1 aliphatic rings. The van der Waals surface area contributed by atoms with Crippen LogP contribution < -0.4 is 10.0 Å². The van der Waals surface area contributed by atoms with Crippen molar-refractivity contribution in [2.75, 3.05) is 24.5 Å². The van der Waals surface area contributed by atoms with Crippen LogP contribution in [0.4, 0.5) is 5.69 Å². The Morgan fingerprint density at radius 1 is 1.20 bits per heavy atom. The number of benzene rings is 2. The van der Waals surface area contributed by atoms with Crippen LogP contribution >= 0.6 is 11.6 Å². The molecule has 1 unspecified atom stereocenters. The molecule has 0 radical (unpaired) electrons. The lowest BCUT2D eigenvalue weighted by atomic mass is 10.1. The first kappa shape index (κ1) is 22.6. The van der Waals surface area contributed by atoms with Crippen molar-refractivity contribution in [3.05, 3.63) is 58.6 Å². The molecule has 2 N–H and O–H groups in total. The summed E-state index contributed by atoms with van der Waals surface area (Å²) in [5.74, 6) is -0.133. The zero-order valence-electron chi connectivity index (χ0n) is 17.0. The number of hydrogen-bond acceptors (Lipinski definition) is 4. The largest absolute Gasteiger partial charge is 0.381 e. The second kappa shape index (κ2) is 10.3. The molecule has 2 aromatic carbocycles. The predicted molar refractivity (Wildman–Crippen MR) is 119 cm³/mol. The van der Waals surface area contributed by atoms with E-state index in [0.717, 1.165) is 31.2 Å². The smallest absolute Gasteiger partial charge is 0.261 e. The number of nitrogens with one attached hydrogen (secondary N) is 2. The quantitative estimate of drug-likeness (QED) is 0.598. The molecule has 1 saturated heterocycles. The van der Waals surface area contributed by atoms with Crippen LogP contribution in [0.25, 0.3) is 0 Å². The fourth-order valence-corrected chi connectivity index (χ4v) is 4.54. The lowest BCUT2D eigenvalue weighted by Crippen LogP contribution is -2.30. The number of amides is 1. The van der Waals surface area contributed by atoms with Gasteiger partial charge in [0.25, 0.3) is 15.9 Å². The molecule has 8 heteroatoms. The van der Waals surface area contributed by atoms with Gasteiger partial charge in [-0.1, -0.05) is 37.1 Å². The molecule has 1 heterocycles. The van der Waals surface area contributed by atoms with Crippen LogP contribution in [0.3, 0.4) is 0 Å². The van der Waals surface area contributed by atoms with E-state index in [2.05, 4.69) is 17.0 Å². The van der Waals surface area contributed by atoms with Crippen molar-refractivity contribution < 1.29 is 17.9 Å². The number of aryl methyl sites for hydroxylation is 1. The van der Waals surface area contributed by atoms with Crippen LogP contribution in [-0.4, -0.2) is 34.1 Å². The minimum absolute atomic E-state index is 0.0173. The van der Waals surface area contributed by atoms with E-state index in [9.17, 15) is 13.2 Å². The molecule has 162 valence electrons. The molecule has 0 aromatic heterocycles. The lowest BCUT2D eigenvalue weighted by Gasteiger charge is -2.13. The molecule has 30 heavy (non-hydrogen) atoms. The van der Waals surface area contributed by atoms with Gasteiger partial charge >= 0.3 is 0 Å². The highest BCUT2D eigenvalue weighted by atomic mass is 35.5. The Bertz CT molecular complexity index is 971. The summed E-state index contributed by atoms with van der Waals surface area (Å²) in [6.45, 7) is 3.91. The summed E-state index contributed by atoms with van der Waals surface area (Å²) in [4.78, 5) is 12.5. The number of anilines is 1. The third-order valence-corrected chi connectivity index (χ3v) is 6.80. The maximum atomic E-state index is 12.8. The van der Waals surface area contributed by atoms with Gasteiger partial charge in [0.1, 0.15) is 0 Å². The molecule has 0 bridgehead atoms. The van der Waals surface area contributed by atoms with Gasteiger partial charge in [-0.25, -0.2) is 8.42 Å². The van der Waals surface area contributed by atoms with Crippen LogP contribution in [0.15, 0.2) is 47.4 Å². The number of halogens is 1. The van der Waals surface area contributed by atoms with Crippen LogP contribution in [0.1, 0.15) is 42.1 Å². The van der Waals surface area contributed by atoms with Gasteiger partial charge in [-0.05, 0) is 55.2 Å². The molecular formula is C22H27ClN2O4S. The SMILES string of the molecule is CCCCc1ccc(NS(=O)(=O)c2ccc(Cl)c(C(=O)NCC3CCOC3)c2)cc1. The highest BCUT2D eigenvalue weighted by Gasteiger charge is 2.21. The Morgan fingerprint density at radius 3 is 2.63 bits per heavy atom. The van der Waals surface area contributed by atoms with Crippen molar-refractivity contribution in [3.8, 4) is 0 Å². The van der Waals surface area contributed by atoms with Gasteiger partial charge < -0.3 is 10.1 Å². The van der Waals surface area contributed by atoms with E-state index in [1.807, 2.05) is 12.1 Å². The maximum absolute atomic E-state index is 12.8. The average molecular weight is 451 g/mol. The Balaban J connectivity index is 1.70. The average Bonchev–Trinajstić information content (AvgIpc) is 3.25. The molecule has 1 atom stereocenters. The molecule has 0 spiro atoms. The molecule has 1 fully saturated rings. The van der Waals surface area contributed by atoms with Crippen molar-refractivity contribution >= 4 is 33.2 Å². The monoisotopic (exact) mass is 450 g/mol. The van der Waals surface area contributed by atoms with Gasteiger partial charge in [0.2, 0.25) is 0 Å². The molecule has 0 aliphatic carbocycles. The van der Waals surface area contributed by atoms with Crippen molar-refractivity contribution in [2.45, 2.75) is 37.5 Å². The van der Waals surface area contributed by atoms with Gasteiger partial charge in [-0.2, -0.15) is 0 Å². The first-order valence-electron chi connectivity index (χ1n) is 10.2. The Hall–Kier alpha value is -2.09. The van der Waals surface area contributed by atoms with Crippen LogP contribution in [-0.2, 0) is 21.2 Å². The van der Waals surface area contributed by atoms with Gasteiger partial charge in [0.05, 0.1) is 22.1 Å². The topological polar surface area (TPSA) is 84.5 Å². The second-order valence-corrected chi connectivity index (χ2v) is 9.58. The highest BCUT2D eigenvalue weighted by molar-refractivity contribution is 7.92. The number of sulfonamides is 1. The summed E-state index contributed by atoms with van der Waals surface area (Å²) in [7, 11) is -3.86. The van der Waals surface area contributed by atoms with Crippen LogP contribution in [0.5, 0.6) is 0 Å². The zero-order chi connectivity index (χ0) is 21.6. The second-order valence-electron chi connectivity index (χ2n) is 7.49. The van der Waals surface area contributed by atoms with E-state index in [1.165, 1.54) is 18.2 Å². The zero-order valence-corrected chi connectivity index (χ0v) is 18.6. The predicted octanol–water partition coefficient (Wildman–Crippen LogP) is 4.25. The van der Waals surface area contributed by atoms with E-state index in [0.29, 0.717) is 25.4 Å². The molecule has 6 nitrogen and oxygen atoms in total. The maximum Gasteiger partial charge on any atom is 0.261 e. The molecule has 1 aliphatic heterocycles. The van der Waals surface area contributed by atoms with Crippen molar-refractivity contribution in [1.29, 1.82) is 0 Å². The minimum Gasteiger partial charge on any atom is -0.381 e. The van der Waals surface area contributed by atoms with Gasteiger partial charge in [-0.15, -0.1) is 0 Å². The van der Waals surface area contributed by atoms with Crippen molar-refractivity contribution in [2.24, 2.45) is 5.92 Å². The normalized spacial score (nSPS) is 16.4. The van der Waals surface area contributed by atoms with E-state index < -0.39 is 15.9 Å². The number of rotatable bonds is 9. The molecule has 3 rings (SSSR count). The van der Waals surface area contributed by atoms with E-state index in [4.69, 9.17) is 16.3 Å². The summed E-state index contributed by atoms with van der Waals surface area (Å²) in [6.07, 6.45) is 4.06. The highest BCUT2D eigenvalue weighted by Crippen LogP contribution is 2.23. The number of hydrogen-bond donors (Lipinski definition) is 2. The van der Waals surface area contributed by atoms with Crippen molar-refractivity contribution in [3.63, 3.8) is 0 Å². The molecular weight excluding hydrogens is 424 g/mol. The molecule has 0 saturated carbocycles. The number of unbranched alkanes of at least 4 members (excludes halogenated alkanes) is 1. The summed E-state index contributed by atoms with van der Waals surface area (Å²) in [6, 6.07) is 11.5. The Labute approximate surface area is 183 Å². The van der Waals surface area contributed by atoms with E-state index in [1.54, 1.807) is 12.1 Å². The number of ether oxygens (including phenoxy) is 1. The Morgan fingerprint density at radius 2 is 1.97 bits per heavy atom. The van der Waals surface area contributed by atoms with Gasteiger partial charge in [0, 0.05) is 24.8 Å². The van der Waals surface area contributed by atoms with Crippen LogP contribution in [0.2, 0.25) is 5.02 Å². The Kier molecular flexibility index (Phi) is 7.75. The van der Waals surface area contributed by atoms with E-state index >= 15 is 0 Å². The third kappa shape index (κ3) is 5.97.